The number of carbonyl (C=O) groups is 2. The fraction of sp³-hybridized carbons (Fsp3) is 0.217. The summed E-state index contributed by atoms with van der Waals surface area (Å²) in [5.74, 6) is 0.0481. The lowest BCUT2D eigenvalue weighted by atomic mass is 10.0. The first kappa shape index (κ1) is 51.1. The topological polar surface area (TPSA) is 154 Å². The number of benzene rings is 5. The van der Waals surface area contributed by atoms with Gasteiger partial charge in [0.25, 0.3) is 0 Å². The lowest BCUT2D eigenvalue weighted by molar-refractivity contribution is -0.275. The molecule has 21 heteroatoms. The van der Waals surface area contributed by atoms with Crippen molar-refractivity contribution in [1.29, 1.82) is 0 Å². The molecule has 0 unspecified atom stereocenters. The van der Waals surface area contributed by atoms with Gasteiger partial charge in [0.05, 0.1) is 25.4 Å². The van der Waals surface area contributed by atoms with E-state index in [0.717, 1.165) is 23.4 Å². The molecule has 2 aliphatic rings. The number of para-hydroxylation sites is 3. The van der Waals surface area contributed by atoms with Crippen LogP contribution in [0.2, 0.25) is 0 Å². The summed E-state index contributed by atoms with van der Waals surface area (Å²) < 4.78 is 118. The summed E-state index contributed by atoms with van der Waals surface area (Å²) in [5, 5.41) is 14.0. The quantitative estimate of drug-likeness (QED) is 0.0586. The first-order valence-electron chi connectivity index (χ1n) is 20.3. The lowest BCUT2D eigenvalue weighted by Crippen LogP contribution is -2.33. The maximum Gasteiger partial charge on any atom is 0.648 e. The number of nitrogens with zero attached hydrogens (tertiary/aromatic N) is 2. The molecular formula is C46H43BF6N2O11P. The molecule has 2 N–H and O–H groups in total. The summed E-state index contributed by atoms with van der Waals surface area (Å²) in [4.78, 5) is 28.2. The molecule has 1 radical (unpaired) electrons. The first-order valence-corrected chi connectivity index (χ1v) is 21.8. The van der Waals surface area contributed by atoms with Crippen LogP contribution < -0.4 is 23.3 Å². The Balaban J connectivity index is 0.000000244. The molecule has 0 saturated carbocycles. The van der Waals surface area contributed by atoms with Gasteiger partial charge in [-0.1, -0.05) is 78.9 Å². The fourth-order valence-corrected chi connectivity index (χ4v) is 7.66. The lowest BCUT2D eigenvalue weighted by Gasteiger charge is -2.30. The molecule has 0 aromatic heterocycles. The molecule has 2 heterocycles. The Labute approximate surface area is 382 Å². The highest BCUT2D eigenvalue weighted by Crippen LogP contribution is 2.52. The van der Waals surface area contributed by atoms with Crippen LogP contribution in [0.3, 0.4) is 0 Å². The number of amides is 2. The van der Waals surface area contributed by atoms with Crippen LogP contribution in [0, 0.1) is 0 Å². The molecule has 13 nitrogen and oxygen atoms in total. The Kier molecular flexibility index (Phi) is 18.3. The number of phosphoric acid groups is 1. The van der Waals surface area contributed by atoms with Crippen LogP contribution in [-0.2, 0) is 31.8 Å². The summed E-state index contributed by atoms with van der Waals surface area (Å²) in [6.07, 6.45) is -4.46. The minimum atomic E-state index is -4.81. The molecule has 7 rings (SSSR count). The average Bonchev–Trinajstić information content (AvgIpc) is 3.27. The van der Waals surface area contributed by atoms with E-state index in [0.29, 0.717) is 42.7 Å². The molecule has 0 fully saturated rings. The number of alkyl halides is 6. The Morgan fingerprint density at radius 3 is 1.49 bits per heavy atom. The van der Waals surface area contributed by atoms with Gasteiger partial charge in [0.15, 0.2) is 0 Å². The Morgan fingerprint density at radius 1 is 0.582 bits per heavy atom. The Hall–Kier alpha value is -6.89. The van der Waals surface area contributed by atoms with E-state index in [-0.39, 0.29) is 67.9 Å². The molecule has 0 spiro atoms. The van der Waals surface area contributed by atoms with Crippen LogP contribution in [0.1, 0.15) is 49.3 Å². The van der Waals surface area contributed by atoms with Crippen LogP contribution in [0.15, 0.2) is 151 Å². The molecule has 0 aliphatic carbocycles. The van der Waals surface area contributed by atoms with Crippen LogP contribution >= 0.6 is 7.82 Å². The second-order valence-corrected chi connectivity index (χ2v) is 15.4. The number of allylic oxidation sites excluding steroid dienone is 2. The maximum atomic E-state index is 13.7. The standard InChI is InChI=1S/C25H21F3NO6P.C21H20F3NO3.BH2O2/c26-25(27,28)32-20-16-14-19(15-17-20)18-29-23(30)12-7-13-24(29)35-36(31,33-21-8-3-1-4-9-21)34-22-10-5-2-6-11-22;1-2-27-19-8-4-3-6-17(19)18-7-5-9-20(26)25(18)14-15-10-12-16(13-11-15)28-21(22,23)24;2-1-3/h1-6,8-11,13-17H,7,12,18H2;3-4,6-8,10-13H,2,5,9,14H2,1H3;2-3H. The molecule has 2 aliphatic heterocycles. The van der Waals surface area contributed by atoms with E-state index in [2.05, 4.69) is 9.47 Å². The molecule has 353 valence electrons. The van der Waals surface area contributed by atoms with Gasteiger partial charge < -0.3 is 42.7 Å². The zero-order valence-corrected chi connectivity index (χ0v) is 36.5. The monoisotopic (exact) mass is 955 g/mol. The predicted molar refractivity (Wildman–Crippen MR) is 233 cm³/mol. The van der Waals surface area contributed by atoms with Gasteiger partial charge in [-0.05, 0) is 97.6 Å². The minimum Gasteiger partial charge on any atom is -0.493 e. The van der Waals surface area contributed by atoms with Crippen molar-refractivity contribution in [1.82, 2.24) is 9.80 Å². The third-order valence-corrected chi connectivity index (χ3v) is 10.4. The van der Waals surface area contributed by atoms with Gasteiger partial charge in [0.1, 0.15) is 28.7 Å². The molecule has 0 atom stereocenters. The zero-order chi connectivity index (χ0) is 48.5. The second-order valence-electron chi connectivity index (χ2n) is 13.9. The molecule has 0 saturated heterocycles. The number of ether oxygens (including phenoxy) is 3. The largest absolute Gasteiger partial charge is 0.648 e. The summed E-state index contributed by atoms with van der Waals surface area (Å²) in [6, 6.07) is 34.6. The van der Waals surface area contributed by atoms with E-state index in [4.69, 9.17) is 28.4 Å². The van der Waals surface area contributed by atoms with E-state index in [9.17, 15) is 40.5 Å². The zero-order valence-electron chi connectivity index (χ0n) is 35.6. The fourth-order valence-electron chi connectivity index (χ4n) is 6.39. The first-order chi connectivity index (χ1) is 32.0. The van der Waals surface area contributed by atoms with Crippen LogP contribution in [-0.4, -0.2) is 58.7 Å². The highest BCUT2D eigenvalue weighted by Gasteiger charge is 2.38. The maximum absolute atomic E-state index is 13.7. The van der Waals surface area contributed by atoms with Crippen molar-refractivity contribution in [3.8, 4) is 28.7 Å². The highest BCUT2D eigenvalue weighted by atomic mass is 31.2. The van der Waals surface area contributed by atoms with E-state index >= 15 is 0 Å². The van der Waals surface area contributed by atoms with Crippen molar-refractivity contribution in [2.24, 2.45) is 0 Å². The van der Waals surface area contributed by atoms with Gasteiger partial charge >= 0.3 is 28.2 Å². The van der Waals surface area contributed by atoms with E-state index in [1.54, 1.807) is 71.6 Å². The number of rotatable bonds is 15. The average molecular weight is 956 g/mol. The van der Waals surface area contributed by atoms with Crippen molar-refractivity contribution in [2.45, 2.75) is 58.4 Å². The Morgan fingerprint density at radius 2 is 1.01 bits per heavy atom. The van der Waals surface area contributed by atoms with Crippen molar-refractivity contribution in [3.05, 3.63) is 168 Å². The molecule has 5 aromatic rings. The highest BCUT2D eigenvalue weighted by molar-refractivity contribution is 7.49. The number of hydrogen-bond acceptors (Lipinski definition) is 11. The van der Waals surface area contributed by atoms with Crippen LogP contribution in [0.4, 0.5) is 26.3 Å². The SMILES string of the molecule is CCOc1ccccc1C1=CCCC(=O)N1Cc1ccc(OC(F)(F)F)cc1.O=C1CCC=C(OP(=O)(Oc2ccccc2)Oc2ccccc2)N1Cc1ccc(OC(F)(F)F)cc1.O[B]O. The number of hydrogen-bond donors (Lipinski definition) is 2. The second kappa shape index (κ2) is 24.0. The Bertz CT molecular complexity index is 2430. The molecular weight excluding hydrogens is 912 g/mol. The van der Waals surface area contributed by atoms with Gasteiger partial charge in [0, 0.05) is 18.4 Å². The van der Waals surface area contributed by atoms with E-state index in [1.165, 1.54) is 41.3 Å². The summed E-state index contributed by atoms with van der Waals surface area (Å²) in [7, 11) is -4.34. The van der Waals surface area contributed by atoms with Crippen molar-refractivity contribution in [2.75, 3.05) is 6.61 Å². The summed E-state index contributed by atoms with van der Waals surface area (Å²) >= 11 is 0. The van der Waals surface area contributed by atoms with Crippen molar-refractivity contribution in [3.63, 3.8) is 0 Å². The molecule has 67 heavy (non-hydrogen) atoms. The van der Waals surface area contributed by atoms with Crippen LogP contribution in [0.25, 0.3) is 5.70 Å². The molecule has 2 amide bonds. The third-order valence-electron chi connectivity index (χ3n) is 9.12. The number of halogens is 6. The molecule has 0 bridgehead atoms. The number of phosphoric ester groups is 1. The van der Waals surface area contributed by atoms with Gasteiger partial charge in [-0.2, -0.15) is 4.57 Å². The number of carbonyl (C=O) groups excluding carboxylic acids is 2. The minimum absolute atomic E-state index is 0. The molecule has 5 aromatic carbocycles. The third kappa shape index (κ3) is 16.5. The van der Waals surface area contributed by atoms with E-state index in [1.807, 2.05) is 37.3 Å². The van der Waals surface area contributed by atoms with E-state index < -0.39 is 20.5 Å². The van der Waals surface area contributed by atoms with Crippen molar-refractivity contribution >= 4 is 33.0 Å². The van der Waals surface area contributed by atoms with Crippen LogP contribution in [0.5, 0.6) is 28.7 Å². The van der Waals surface area contributed by atoms with Gasteiger partial charge in [0.2, 0.25) is 17.7 Å². The summed E-state index contributed by atoms with van der Waals surface area (Å²) in [5.41, 5.74) is 2.76. The van der Waals surface area contributed by atoms with Gasteiger partial charge in [-0.15, -0.1) is 26.3 Å². The van der Waals surface area contributed by atoms with Gasteiger partial charge in [-0.3, -0.25) is 14.5 Å². The summed E-state index contributed by atoms with van der Waals surface area (Å²) in [6.45, 7) is 2.59. The van der Waals surface area contributed by atoms with Crippen molar-refractivity contribution < 1.29 is 78.3 Å². The van der Waals surface area contributed by atoms with Gasteiger partial charge in [-0.25, -0.2) is 0 Å². The normalized spacial score (nSPS) is 13.9. The predicted octanol–water partition coefficient (Wildman–Crippen LogP) is 10.5. The smallest absolute Gasteiger partial charge is 0.493 e.